The van der Waals surface area contributed by atoms with Crippen LogP contribution < -0.4 is 5.73 Å². The Hall–Kier alpha value is -1.55. The average Bonchev–Trinajstić information content (AvgIpc) is 2.18. The van der Waals surface area contributed by atoms with Crippen LogP contribution in [-0.4, -0.2) is 17.7 Å². The second kappa shape index (κ2) is 4.62. The van der Waals surface area contributed by atoms with Gasteiger partial charge in [-0.05, 0) is 24.6 Å². The van der Waals surface area contributed by atoms with E-state index in [1.165, 1.54) is 12.1 Å². The van der Waals surface area contributed by atoms with E-state index in [0.717, 1.165) is 0 Å². The van der Waals surface area contributed by atoms with Gasteiger partial charge in [0.05, 0.1) is 6.61 Å². The van der Waals surface area contributed by atoms with Crippen LogP contribution in [0.25, 0.3) is 0 Å². The molecule has 0 radical (unpaired) electrons. The minimum absolute atomic E-state index is 0.143. The predicted molar refractivity (Wildman–Crippen MR) is 51.7 cm³/mol. The highest BCUT2D eigenvalue weighted by Gasteiger charge is 2.16. The number of phenolic OH excluding ortho intramolecular Hbond substituents is 1. The fourth-order valence-corrected chi connectivity index (χ4v) is 1.05. The van der Waals surface area contributed by atoms with Crippen LogP contribution in [0.4, 0.5) is 0 Å². The lowest BCUT2D eigenvalue weighted by atomic mass is 10.1. The molecule has 0 aliphatic heterocycles. The van der Waals surface area contributed by atoms with Crippen LogP contribution in [0.2, 0.25) is 0 Å². The number of esters is 1. The van der Waals surface area contributed by atoms with Crippen molar-refractivity contribution >= 4 is 5.97 Å². The van der Waals surface area contributed by atoms with Gasteiger partial charge in [-0.15, -0.1) is 0 Å². The van der Waals surface area contributed by atoms with Crippen molar-refractivity contribution in [2.24, 2.45) is 5.73 Å². The summed E-state index contributed by atoms with van der Waals surface area (Å²) in [5.74, 6) is -0.317. The third-order valence-electron chi connectivity index (χ3n) is 1.79. The fourth-order valence-electron chi connectivity index (χ4n) is 1.05. The molecule has 1 atom stereocenters. The summed E-state index contributed by atoms with van der Waals surface area (Å²) in [6, 6.07) is 5.37. The number of hydrogen-bond acceptors (Lipinski definition) is 4. The van der Waals surface area contributed by atoms with E-state index in [2.05, 4.69) is 0 Å². The largest absolute Gasteiger partial charge is 0.508 e. The smallest absolute Gasteiger partial charge is 0.327 e. The van der Waals surface area contributed by atoms with Gasteiger partial charge in [-0.3, -0.25) is 0 Å². The van der Waals surface area contributed by atoms with E-state index in [-0.39, 0.29) is 5.75 Å². The summed E-state index contributed by atoms with van der Waals surface area (Å²) in [6.45, 7) is 2.03. The maximum atomic E-state index is 11.2. The van der Waals surface area contributed by atoms with Gasteiger partial charge in [0.25, 0.3) is 0 Å². The monoisotopic (exact) mass is 195 g/mol. The molecule has 0 aromatic heterocycles. The molecule has 14 heavy (non-hydrogen) atoms. The van der Waals surface area contributed by atoms with Crippen LogP contribution in [0.1, 0.15) is 18.5 Å². The van der Waals surface area contributed by atoms with E-state index < -0.39 is 12.0 Å². The number of nitrogens with two attached hydrogens (primary N) is 1. The van der Waals surface area contributed by atoms with Crippen molar-refractivity contribution in [1.82, 2.24) is 0 Å². The Labute approximate surface area is 82.3 Å². The summed E-state index contributed by atoms with van der Waals surface area (Å²) < 4.78 is 4.76. The maximum absolute atomic E-state index is 11.2. The molecule has 0 unspecified atom stereocenters. The van der Waals surface area contributed by atoms with E-state index in [1.54, 1.807) is 19.1 Å². The number of benzene rings is 1. The zero-order valence-corrected chi connectivity index (χ0v) is 7.93. The zero-order chi connectivity index (χ0) is 10.6. The lowest BCUT2D eigenvalue weighted by Gasteiger charge is -2.10. The first kappa shape index (κ1) is 10.5. The molecular weight excluding hydrogens is 182 g/mol. The van der Waals surface area contributed by atoms with Crippen LogP contribution in [0.3, 0.4) is 0 Å². The lowest BCUT2D eigenvalue weighted by molar-refractivity contribution is -0.144. The lowest BCUT2D eigenvalue weighted by Crippen LogP contribution is -2.23. The molecule has 4 nitrogen and oxygen atoms in total. The molecule has 3 N–H and O–H groups in total. The third-order valence-corrected chi connectivity index (χ3v) is 1.79. The van der Waals surface area contributed by atoms with E-state index in [9.17, 15) is 4.79 Å². The average molecular weight is 195 g/mol. The van der Waals surface area contributed by atoms with Gasteiger partial charge in [-0.2, -0.15) is 0 Å². The van der Waals surface area contributed by atoms with Gasteiger partial charge < -0.3 is 15.6 Å². The minimum Gasteiger partial charge on any atom is -0.508 e. The standard InChI is InChI=1S/C10H13NO3/c1-2-14-10(13)9(11)7-3-5-8(12)6-4-7/h3-6,9,12H,2,11H2,1H3/t9-/m1/s1. The molecular formula is C10H13NO3. The molecule has 76 valence electrons. The molecule has 0 spiro atoms. The molecule has 0 fully saturated rings. The number of ether oxygens (including phenoxy) is 1. The van der Waals surface area contributed by atoms with Gasteiger partial charge in [0.1, 0.15) is 11.8 Å². The Morgan fingerprint density at radius 2 is 2.07 bits per heavy atom. The summed E-state index contributed by atoms with van der Waals surface area (Å²) in [5, 5.41) is 9.02. The summed E-state index contributed by atoms with van der Waals surface area (Å²) in [4.78, 5) is 11.2. The Morgan fingerprint density at radius 3 is 2.57 bits per heavy atom. The fraction of sp³-hybridized carbons (Fsp3) is 0.300. The van der Waals surface area contributed by atoms with E-state index in [0.29, 0.717) is 12.2 Å². The number of hydrogen-bond donors (Lipinski definition) is 2. The van der Waals surface area contributed by atoms with E-state index in [4.69, 9.17) is 15.6 Å². The van der Waals surface area contributed by atoms with Crippen LogP contribution in [0.5, 0.6) is 5.75 Å². The quantitative estimate of drug-likeness (QED) is 0.704. The van der Waals surface area contributed by atoms with E-state index in [1.807, 2.05) is 0 Å². The Kier molecular flexibility index (Phi) is 3.48. The molecule has 0 bridgehead atoms. The summed E-state index contributed by atoms with van der Waals surface area (Å²) in [7, 11) is 0. The number of aromatic hydroxyl groups is 1. The summed E-state index contributed by atoms with van der Waals surface area (Å²) in [5.41, 5.74) is 6.24. The molecule has 1 rings (SSSR count). The summed E-state index contributed by atoms with van der Waals surface area (Å²) in [6.07, 6.45) is 0. The van der Waals surface area contributed by atoms with Gasteiger partial charge in [-0.25, -0.2) is 4.79 Å². The van der Waals surface area contributed by atoms with Crippen LogP contribution in [0.15, 0.2) is 24.3 Å². The van der Waals surface area contributed by atoms with Gasteiger partial charge in [-0.1, -0.05) is 12.1 Å². The third kappa shape index (κ3) is 2.47. The molecule has 0 amide bonds. The van der Waals surface area contributed by atoms with Crippen molar-refractivity contribution < 1.29 is 14.6 Å². The molecule has 0 saturated heterocycles. The number of rotatable bonds is 3. The van der Waals surface area contributed by atoms with Crippen molar-refractivity contribution in [3.8, 4) is 5.75 Å². The molecule has 0 saturated carbocycles. The Bertz CT molecular complexity index is 308. The normalized spacial score (nSPS) is 12.1. The van der Waals surface area contributed by atoms with Crippen molar-refractivity contribution in [3.05, 3.63) is 29.8 Å². The molecule has 0 aliphatic carbocycles. The first-order valence-electron chi connectivity index (χ1n) is 4.36. The van der Waals surface area contributed by atoms with Crippen molar-refractivity contribution in [1.29, 1.82) is 0 Å². The number of carbonyl (C=O) groups is 1. The minimum atomic E-state index is -0.782. The highest BCUT2D eigenvalue weighted by atomic mass is 16.5. The number of phenols is 1. The highest BCUT2D eigenvalue weighted by Crippen LogP contribution is 2.15. The SMILES string of the molecule is CCOC(=O)[C@H](N)c1ccc(O)cc1. The van der Waals surface area contributed by atoms with Crippen LogP contribution in [-0.2, 0) is 9.53 Å². The molecule has 0 heterocycles. The summed E-state index contributed by atoms with van der Waals surface area (Å²) >= 11 is 0. The molecule has 4 heteroatoms. The van der Waals surface area contributed by atoms with Crippen LogP contribution >= 0.6 is 0 Å². The van der Waals surface area contributed by atoms with E-state index >= 15 is 0 Å². The van der Waals surface area contributed by atoms with Gasteiger partial charge >= 0.3 is 5.97 Å². The van der Waals surface area contributed by atoms with Crippen molar-refractivity contribution in [2.45, 2.75) is 13.0 Å². The highest BCUT2D eigenvalue weighted by molar-refractivity contribution is 5.77. The first-order valence-corrected chi connectivity index (χ1v) is 4.36. The van der Waals surface area contributed by atoms with Crippen LogP contribution in [0, 0.1) is 0 Å². The van der Waals surface area contributed by atoms with Crippen molar-refractivity contribution in [2.75, 3.05) is 6.61 Å². The first-order chi connectivity index (χ1) is 6.65. The van der Waals surface area contributed by atoms with Crippen molar-refractivity contribution in [3.63, 3.8) is 0 Å². The van der Waals surface area contributed by atoms with Gasteiger partial charge in [0.2, 0.25) is 0 Å². The molecule has 1 aromatic carbocycles. The Morgan fingerprint density at radius 1 is 1.50 bits per heavy atom. The number of carbonyl (C=O) groups excluding carboxylic acids is 1. The second-order valence-electron chi connectivity index (χ2n) is 2.82. The Balaban J connectivity index is 2.73. The molecule has 1 aromatic rings. The maximum Gasteiger partial charge on any atom is 0.327 e. The molecule has 0 aliphatic rings. The zero-order valence-electron chi connectivity index (χ0n) is 7.93. The van der Waals surface area contributed by atoms with Gasteiger partial charge in [0, 0.05) is 0 Å². The predicted octanol–water partition coefficient (Wildman–Crippen LogP) is 0.955. The second-order valence-corrected chi connectivity index (χ2v) is 2.82. The topological polar surface area (TPSA) is 72.5 Å². The van der Waals surface area contributed by atoms with Gasteiger partial charge in [0.15, 0.2) is 0 Å².